The fourth-order valence-electron chi connectivity index (χ4n) is 2.41. The maximum atomic E-state index is 11.4. The maximum Gasteiger partial charge on any atom is 0.314 e. The number of carbonyl (C=O) groups is 1. The Balaban J connectivity index is 2.02. The molecular weight excluding hydrogens is 216 g/mol. The van der Waals surface area contributed by atoms with E-state index < -0.39 is 0 Å². The third kappa shape index (κ3) is 6.51. The molecule has 4 heteroatoms. The van der Waals surface area contributed by atoms with E-state index in [1.54, 1.807) is 0 Å². The van der Waals surface area contributed by atoms with Gasteiger partial charge in [-0.15, -0.1) is 0 Å². The summed E-state index contributed by atoms with van der Waals surface area (Å²) in [5.74, 6) is 0.886. The zero-order valence-electron chi connectivity index (χ0n) is 10.9. The van der Waals surface area contributed by atoms with Crippen LogP contribution < -0.4 is 10.6 Å². The number of aliphatic hydroxyl groups excluding tert-OH is 1. The lowest BCUT2D eigenvalue weighted by Crippen LogP contribution is -2.41. The van der Waals surface area contributed by atoms with Crippen molar-refractivity contribution in [1.82, 2.24) is 10.6 Å². The molecule has 1 aliphatic carbocycles. The van der Waals surface area contributed by atoms with Crippen molar-refractivity contribution in [2.75, 3.05) is 13.2 Å². The minimum atomic E-state index is -0.114. The van der Waals surface area contributed by atoms with Gasteiger partial charge in [0.2, 0.25) is 0 Å². The molecule has 0 aliphatic heterocycles. The van der Waals surface area contributed by atoms with Gasteiger partial charge in [-0.3, -0.25) is 0 Å². The third-order valence-electron chi connectivity index (χ3n) is 3.48. The van der Waals surface area contributed by atoms with Crippen LogP contribution in [0.4, 0.5) is 4.79 Å². The first kappa shape index (κ1) is 14.3. The second-order valence-electron chi connectivity index (χ2n) is 5.11. The molecule has 100 valence electrons. The SMILES string of the molecule is CC(CCC1CCCC1)NC(=O)NCCCO. The lowest BCUT2D eigenvalue weighted by atomic mass is 9.99. The van der Waals surface area contributed by atoms with E-state index in [-0.39, 0.29) is 18.7 Å². The Kier molecular flexibility index (Phi) is 7.01. The number of nitrogens with one attached hydrogen (secondary N) is 2. The summed E-state index contributed by atoms with van der Waals surface area (Å²) in [6.07, 6.45) is 8.42. The monoisotopic (exact) mass is 242 g/mol. The Morgan fingerprint density at radius 1 is 1.41 bits per heavy atom. The number of carbonyl (C=O) groups excluding carboxylic acids is 1. The van der Waals surface area contributed by atoms with Crippen molar-refractivity contribution >= 4 is 6.03 Å². The van der Waals surface area contributed by atoms with Crippen molar-refractivity contribution in [2.24, 2.45) is 5.92 Å². The second kappa shape index (κ2) is 8.34. The molecule has 0 heterocycles. The molecule has 1 rings (SSSR count). The molecule has 1 saturated carbocycles. The third-order valence-corrected chi connectivity index (χ3v) is 3.48. The van der Waals surface area contributed by atoms with E-state index in [2.05, 4.69) is 17.6 Å². The summed E-state index contributed by atoms with van der Waals surface area (Å²) in [5.41, 5.74) is 0. The highest BCUT2D eigenvalue weighted by Crippen LogP contribution is 2.28. The van der Waals surface area contributed by atoms with Crippen LogP contribution in [0.3, 0.4) is 0 Å². The second-order valence-corrected chi connectivity index (χ2v) is 5.11. The van der Waals surface area contributed by atoms with Gasteiger partial charge >= 0.3 is 6.03 Å². The van der Waals surface area contributed by atoms with Gasteiger partial charge in [0.25, 0.3) is 0 Å². The minimum Gasteiger partial charge on any atom is -0.396 e. The Labute approximate surface area is 104 Å². The molecule has 1 aliphatic rings. The molecule has 0 bridgehead atoms. The van der Waals surface area contributed by atoms with Crippen molar-refractivity contribution in [1.29, 1.82) is 0 Å². The summed E-state index contributed by atoms with van der Waals surface area (Å²) in [6, 6.07) is 0.127. The van der Waals surface area contributed by atoms with Gasteiger partial charge in [0, 0.05) is 19.2 Å². The number of rotatable bonds is 7. The van der Waals surface area contributed by atoms with E-state index in [1.807, 2.05) is 0 Å². The van der Waals surface area contributed by atoms with Crippen LogP contribution in [0.15, 0.2) is 0 Å². The molecule has 0 spiro atoms. The zero-order chi connectivity index (χ0) is 12.5. The molecule has 1 unspecified atom stereocenters. The molecule has 0 aromatic heterocycles. The maximum absolute atomic E-state index is 11.4. The van der Waals surface area contributed by atoms with E-state index in [4.69, 9.17) is 5.11 Å². The Morgan fingerprint density at radius 2 is 2.12 bits per heavy atom. The lowest BCUT2D eigenvalue weighted by molar-refractivity contribution is 0.234. The molecule has 3 N–H and O–H groups in total. The van der Waals surface area contributed by atoms with E-state index in [0.717, 1.165) is 12.3 Å². The number of amides is 2. The van der Waals surface area contributed by atoms with Gasteiger partial charge in [0.1, 0.15) is 0 Å². The van der Waals surface area contributed by atoms with Crippen LogP contribution in [0, 0.1) is 5.92 Å². The van der Waals surface area contributed by atoms with Gasteiger partial charge in [-0.25, -0.2) is 4.79 Å². The first-order valence-electron chi connectivity index (χ1n) is 6.87. The fourth-order valence-corrected chi connectivity index (χ4v) is 2.41. The van der Waals surface area contributed by atoms with Crippen molar-refractivity contribution in [3.8, 4) is 0 Å². The van der Waals surface area contributed by atoms with E-state index in [9.17, 15) is 4.79 Å². The molecule has 0 aromatic rings. The number of hydrogen-bond donors (Lipinski definition) is 3. The zero-order valence-corrected chi connectivity index (χ0v) is 10.9. The number of aliphatic hydroxyl groups is 1. The van der Waals surface area contributed by atoms with Crippen molar-refractivity contribution in [2.45, 2.75) is 57.9 Å². The van der Waals surface area contributed by atoms with Gasteiger partial charge in [-0.1, -0.05) is 25.7 Å². The molecule has 0 aromatic carbocycles. The van der Waals surface area contributed by atoms with Crippen LogP contribution in [0.1, 0.15) is 51.9 Å². The fraction of sp³-hybridized carbons (Fsp3) is 0.923. The predicted octanol–water partition coefficient (Wildman–Crippen LogP) is 2.03. The number of hydrogen-bond acceptors (Lipinski definition) is 2. The Bertz CT molecular complexity index is 215. The Morgan fingerprint density at radius 3 is 2.76 bits per heavy atom. The van der Waals surface area contributed by atoms with Crippen molar-refractivity contribution in [3.63, 3.8) is 0 Å². The van der Waals surface area contributed by atoms with Crippen LogP contribution in [0.25, 0.3) is 0 Å². The first-order chi connectivity index (χ1) is 8.22. The highest BCUT2D eigenvalue weighted by atomic mass is 16.3. The summed E-state index contributed by atoms with van der Waals surface area (Å²) in [5, 5.41) is 14.3. The van der Waals surface area contributed by atoms with Gasteiger partial charge in [-0.2, -0.15) is 0 Å². The van der Waals surface area contributed by atoms with Crippen LogP contribution in [-0.2, 0) is 0 Å². The van der Waals surface area contributed by atoms with Crippen LogP contribution in [0.2, 0.25) is 0 Å². The van der Waals surface area contributed by atoms with Crippen molar-refractivity contribution < 1.29 is 9.90 Å². The summed E-state index contributed by atoms with van der Waals surface area (Å²) in [6.45, 7) is 2.72. The minimum absolute atomic E-state index is 0.114. The summed E-state index contributed by atoms with van der Waals surface area (Å²) >= 11 is 0. The van der Waals surface area contributed by atoms with Gasteiger partial charge in [-0.05, 0) is 32.1 Å². The standard InChI is InChI=1S/C13H26N2O2/c1-11(7-8-12-5-2-3-6-12)15-13(17)14-9-4-10-16/h11-12,16H,2-10H2,1H3,(H2,14,15,17). The van der Waals surface area contributed by atoms with Gasteiger partial charge in [0.15, 0.2) is 0 Å². The normalized spacial score (nSPS) is 18.0. The molecular formula is C13H26N2O2. The molecule has 0 saturated heterocycles. The van der Waals surface area contributed by atoms with Crippen LogP contribution in [0.5, 0.6) is 0 Å². The molecule has 1 atom stereocenters. The van der Waals surface area contributed by atoms with Crippen LogP contribution >= 0.6 is 0 Å². The van der Waals surface area contributed by atoms with Gasteiger partial charge in [0.05, 0.1) is 0 Å². The first-order valence-corrected chi connectivity index (χ1v) is 6.87. The predicted molar refractivity (Wildman–Crippen MR) is 68.9 cm³/mol. The topological polar surface area (TPSA) is 61.4 Å². The van der Waals surface area contributed by atoms with Crippen molar-refractivity contribution in [3.05, 3.63) is 0 Å². The summed E-state index contributed by atoms with van der Waals surface area (Å²) in [4.78, 5) is 11.4. The smallest absolute Gasteiger partial charge is 0.314 e. The quantitative estimate of drug-likeness (QED) is 0.598. The van der Waals surface area contributed by atoms with E-state index >= 15 is 0 Å². The highest BCUT2D eigenvalue weighted by Gasteiger charge is 2.16. The highest BCUT2D eigenvalue weighted by molar-refractivity contribution is 5.74. The average molecular weight is 242 g/mol. The number of urea groups is 1. The average Bonchev–Trinajstić information content (AvgIpc) is 2.79. The molecule has 2 amide bonds. The Hall–Kier alpha value is -0.770. The molecule has 0 radical (unpaired) electrons. The molecule has 1 fully saturated rings. The van der Waals surface area contributed by atoms with Crippen LogP contribution in [-0.4, -0.2) is 30.3 Å². The lowest BCUT2D eigenvalue weighted by Gasteiger charge is -2.16. The van der Waals surface area contributed by atoms with E-state index in [0.29, 0.717) is 13.0 Å². The summed E-state index contributed by atoms with van der Waals surface area (Å²) < 4.78 is 0. The molecule has 17 heavy (non-hydrogen) atoms. The van der Waals surface area contributed by atoms with E-state index in [1.165, 1.54) is 32.1 Å². The van der Waals surface area contributed by atoms with Gasteiger partial charge < -0.3 is 15.7 Å². The molecule has 4 nitrogen and oxygen atoms in total. The largest absolute Gasteiger partial charge is 0.396 e. The summed E-state index contributed by atoms with van der Waals surface area (Å²) in [7, 11) is 0.